The number of aryl methyl sites for hydroxylation is 1. The third kappa shape index (κ3) is 6.02. The highest BCUT2D eigenvalue weighted by Gasteiger charge is 1.90. The van der Waals surface area contributed by atoms with E-state index in [1.165, 1.54) is 12.5 Å². The van der Waals surface area contributed by atoms with Gasteiger partial charge in [-0.05, 0) is 24.8 Å². The highest BCUT2D eigenvalue weighted by atomic mass is 16.5. The molecule has 2 heteroatoms. The van der Waals surface area contributed by atoms with Gasteiger partial charge < -0.3 is 4.74 Å². The van der Waals surface area contributed by atoms with E-state index in [9.17, 15) is 4.79 Å². The molecule has 0 saturated heterocycles. The van der Waals surface area contributed by atoms with Crippen LogP contribution in [0.4, 0.5) is 0 Å². The second kappa shape index (κ2) is 7.69. The van der Waals surface area contributed by atoms with Crippen molar-refractivity contribution in [3.8, 4) is 0 Å². The largest absolute Gasteiger partial charge is 0.462 e. The van der Waals surface area contributed by atoms with Crippen LogP contribution in [0, 0.1) is 0 Å². The predicted octanol–water partition coefficient (Wildman–Crippen LogP) is 3.13. The fraction of sp³-hybridized carbons (Fsp3) is 0.357. The zero-order valence-electron chi connectivity index (χ0n) is 9.69. The third-order valence-electron chi connectivity index (χ3n) is 2.23. The number of hydrogen-bond donors (Lipinski definition) is 0. The van der Waals surface area contributed by atoms with Gasteiger partial charge in [0.15, 0.2) is 0 Å². The highest BCUT2D eigenvalue weighted by molar-refractivity contribution is 5.65. The summed E-state index contributed by atoms with van der Waals surface area (Å²) >= 11 is 0. The lowest BCUT2D eigenvalue weighted by molar-refractivity contribution is -0.139. The van der Waals surface area contributed by atoms with Crippen LogP contribution in [0.1, 0.15) is 25.3 Å². The first-order valence-electron chi connectivity index (χ1n) is 5.61. The minimum Gasteiger partial charge on any atom is -0.462 e. The van der Waals surface area contributed by atoms with Crippen molar-refractivity contribution in [2.45, 2.75) is 26.2 Å². The van der Waals surface area contributed by atoms with Crippen molar-refractivity contribution >= 4 is 5.97 Å². The van der Waals surface area contributed by atoms with Crippen LogP contribution in [0.3, 0.4) is 0 Å². The van der Waals surface area contributed by atoms with Crippen LogP contribution in [-0.2, 0) is 16.0 Å². The lowest BCUT2D eigenvalue weighted by atomic mass is 10.1. The molecule has 0 saturated carbocycles. The van der Waals surface area contributed by atoms with Gasteiger partial charge in [-0.15, -0.1) is 0 Å². The van der Waals surface area contributed by atoms with Gasteiger partial charge in [-0.1, -0.05) is 42.5 Å². The van der Waals surface area contributed by atoms with Crippen LogP contribution >= 0.6 is 0 Å². The molecule has 2 nitrogen and oxygen atoms in total. The molecule has 0 amide bonds. The summed E-state index contributed by atoms with van der Waals surface area (Å²) in [6.07, 6.45) is 7.20. The summed E-state index contributed by atoms with van der Waals surface area (Å²) in [6, 6.07) is 10.4. The molecule has 0 spiro atoms. The van der Waals surface area contributed by atoms with E-state index in [1.54, 1.807) is 0 Å². The van der Waals surface area contributed by atoms with Crippen molar-refractivity contribution in [1.29, 1.82) is 0 Å². The van der Waals surface area contributed by atoms with Gasteiger partial charge in [0.05, 0.1) is 0 Å². The molecule has 86 valence electrons. The van der Waals surface area contributed by atoms with Gasteiger partial charge in [0.2, 0.25) is 0 Å². The highest BCUT2D eigenvalue weighted by Crippen LogP contribution is 2.04. The van der Waals surface area contributed by atoms with Crippen molar-refractivity contribution in [1.82, 2.24) is 0 Å². The molecule has 0 heterocycles. The Morgan fingerprint density at radius 2 is 2.00 bits per heavy atom. The number of allylic oxidation sites excluding steroid dienone is 1. The molecule has 0 fully saturated rings. The van der Waals surface area contributed by atoms with Crippen LogP contribution in [0.2, 0.25) is 0 Å². The van der Waals surface area contributed by atoms with Gasteiger partial charge in [-0.2, -0.15) is 0 Å². The predicted molar refractivity (Wildman–Crippen MR) is 65.2 cm³/mol. The minimum absolute atomic E-state index is 0.228. The minimum atomic E-state index is -0.228. The molecule has 1 aromatic rings. The summed E-state index contributed by atoms with van der Waals surface area (Å²) in [5, 5.41) is 0. The van der Waals surface area contributed by atoms with Gasteiger partial charge in [0.1, 0.15) is 6.61 Å². The first-order chi connectivity index (χ1) is 7.79. The SMILES string of the molecule is CC(=O)OC/C=C\CCCc1ccccc1. The number of benzene rings is 1. The Morgan fingerprint density at radius 1 is 1.25 bits per heavy atom. The normalized spacial score (nSPS) is 10.6. The average molecular weight is 218 g/mol. The van der Waals surface area contributed by atoms with E-state index < -0.39 is 0 Å². The fourth-order valence-corrected chi connectivity index (χ4v) is 1.42. The zero-order chi connectivity index (χ0) is 11.6. The molecule has 0 aliphatic rings. The van der Waals surface area contributed by atoms with E-state index in [4.69, 9.17) is 4.74 Å². The molecule has 0 aliphatic carbocycles. The van der Waals surface area contributed by atoms with Gasteiger partial charge in [-0.3, -0.25) is 4.79 Å². The van der Waals surface area contributed by atoms with E-state index in [-0.39, 0.29) is 5.97 Å². The van der Waals surface area contributed by atoms with Gasteiger partial charge in [0, 0.05) is 6.92 Å². The summed E-state index contributed by atoms with van der Waals surface area (Å²) in [4.78, 5) is 10.5. The molecule has 0 atom stereocenters. The summed E-state index contributed by atoms with van der Waals surface area (Å²) in [5.41, 5.74) is 1.37. The maximum Gasteiger partial charge on any atom is 0.302 e. The second-order valence-corrected chi connectivity index (χ2v) is 3.65. The summed E-state index contributed by atoms with van der Waals surface area (Å²) < 4.78 is 4.78. The topological polar surface area (TPSA) is 26.3 Å². The van der Waals surface area contributed by atoms with Crippen molar-refractivity contribution in [3.05, 3.63) is 48.0 Å². The number of carbonyl (C=O) groups is 1. The standard InChI is InChI=1S/C14H18O2/c1-13(15)16-12-8-3-2-5-9-14-10-6-4-7-11-14/h3-4,6-8,10-11H,2,5,9,12H2,1H3/b8-3-. The Balaban J connectivity index is 2.06. The Bertz CT molecular complexity index is 328. The maximum atomic E-state index is 10.5. The van der Waals surface area contributed by atoms with E-state index in [0.717, 1.165) is 19.3 Å². The summed E-state index contributed by atoms with van der Waals surface area (Å²) in [5.74, 6) is -0.228. The number of ether oxygens (including phenoxy) is 1. The molecule has 0 radical (unpaired) electrons. The van der Waals surface area contributed by atoms with Gasteiger partial charge in [-0.25, -0.2) is 0 Å². The van der Waals surface area contributed by atoms with Crippen molar-refractivity contribution in [3.63, 3.8) is 0 Å². The number of unbranched alkanes of at least 4 members (excludes halogenated alkanes) is 1. The van der Waals surface area contributed by atoms with E-state index in [2.05, 4.69) is 30.3 Å². The van der Waals surface area contributed by atoms with Crippen LogP contribution in [0.25, 0.3) is 0 Å². The van der Waals surface area contributed by atoms with Crippen LogP contribution in [-0.4, -0.2) is 12.6 Å². The monoisotopic (exact) mass is 218 g/mol. The molecule has 0 unspecified atom stereocenters. The molecule has 1 aromatic carbocycles. The number of hydrogen-bond acceptors (Lipinski definition) is 2. The van der Waals surface area contributed by atoms with Gasteiger partial charge in [0.25, 0.3) is 0 Å². The molecule has 0 aromatic heterocycles. The molecule has 0 N–H and O–H groups in total. The lowest BCUT2D eigenvalue weighted by Gasteiger charge is -1.98. The van der Waals surface area contributed by atoms with Crippen LogP contribution in [0.15, 0.2) is 42.5 Å². The molecule has 0 bridgehead atoms. The molecule has 16 heavy (non-hydrogen) atoms. The third-order valence-corrected chi connectivity index (χ3v) is 2.23. The Labute approximate surface area is 96.9 Å². The van der Waals surface area contributed by atoms with Gasteiger partial charge >= 0.3 is 5.97 Å². The quantitative estimate of drug-likeness (QED) is 0.416. The van der Waals surface area contributed by atoms with Crippen molar-refractivity contribution in [2.75, 3.05) is 6.61 Å². The maximum absolute atomic E-state index is 10.5. The molecular weight excluding hydrogens is 200 g/mol. The Kier molecular flexibility index (Phi) is 6.00. The zero-order valence-corrected chi connectivity index (χ0v) is 9.69. The summed E-state index contributed by atoms with van der Waals surface area (Å²) in [6.45, 7) is 1.81. The Hall–Kier alpha value is -1.57. The van der Waals surface area contributed by atoms with E-state index in [0.29, 0.717) is 6.61 Å². The van der Waals surface area contributed by atoms with Crippen molar-refractivity contribution in [2.24, 2.45) is 0 Å². The average Bonchev–Trinajstić information content (AvgIpc) is 2.29. The van der Waals surface area contributed by atoms with Crippen molar-refractivity contribution < 1.29 is 9.53 Å². The first-order valence-corrected chi connectivity index (χ1v) is 5.61. The Morgan fingerprint density at radius 3 is 2.69 bits per heavy atom. The van der Waals surface area contributed by atoms with E-state index in [1.807, 2.05) is 12.1 Å². The van der Waals surface area contributed by atoms with E-state index >= 15 is 0 Å². The second-order valence-electron chi connectivity index (χ2n) is 3.65. The number of rotatable bonds is 6. The van der Waals surface area contributed by atoms with Crippen LogP contribution in [0.5, 0.6) is 0 Å². The lowest BCUT2D eigenvalue weighted by Crippen LogP contribution is -1.97. The smallest absolute Gasteiger partial charge is 0.302 e. The number of esters is 1. The first kappa shape index (κ1) is 12.5. The summed E-state index contributed by atoms with van der Waals surface area (Å²) in [7, 11) is 0. The fourth-order valence-electron chi connectivity index (χ4n) is 1.42. The molecule has 0 aliphatic heterocycles. The molecule has 1 rings (SSSR count). The van der Waals surface area contributed by atoms with Crippen LogP contribution < -0.4 is 0 Å². The molecular formula is C14H18O2. The number of carbonyl (C=O) groups excluding carboxylic acids is 1.